The predicted octanol–water partition coefficient (Wildman–Crippen LogP) is 3.36. The Morgan fingerprint density at radius 1 is 1.25 bits per heavy atom. The highest BCUT2D eigenvalue weighted by atomic mass is 79.9. The quantitative estimate of drug-likeness (QED) is 0.914. The van der Waals surface area contributed by atoms with Crippen LogP contribution in [0.2, 0.25) is 0 Å². The van der Waals surface area contributed by atoms with Gasteiger partial charge in [-0.1, -0.05) is 0 Å². The van der Waals surface area contributed by atoms with Gasteiger partial charge in [0.05, 0.1) is 23.2 Å². The molecule has 2 aromatic rings. The Morgan fingerprint density at radius 3 is 3.00 bits per heavy atom. The number of nitrogens with one attached hydrogen (secondary N) is 1. The molecule has 2 heterocycles. The molecule has 1 aromatic heterocycles. The lowest BCUT2D eigenvalue weighted by atomic mass is 10.2. The topological polar surface area (TPSA) is 43.4 Å². The first-order chi connectivity index (χ1) is 9.83. The van der Waals surface area contributed by atoms with Crippen LogP contribution in [0.1, 0.15) is 16.9 Å². The van der Waals surface area contributed by atoms with Gasteiger partial charge in [0.2, 0.25) is 0 Å². The van der Waals surface area contributed by atoms with E-state index in [0.717, 1.165) is 35.5 Å². The second-order valence-corrected chi connectivity index (χ2v) is 6.35. The molecule has 1 aliphatic rings. The van der Waals surface area contributed by atoms with Gasteiger partial charge in [0.1, 0.15) is 0 Å². The lowest BCUT2D eigenvalue weighted by molar-refractivity contribution is 0.296. The summed E-state index contributed by atoms with van der Waals surface area (Å²) in [5, 5.41) is 3.41. The summed E-state index contributed by atoms with van der Waals surface area (Å²) in [5.41, 5.74) is 3.02. The van der Waals surface area contributed by atoms with Gasteiger partial charge in [-0.15, -0.1) is 11.3 Å². The third kappa shape index (κ3) is 3.31. The van der Waals surface area contributed by atoms with E-state index in [1.807, 2.05) is 17.8 Å². The molecule has 106 valence electrons. The van der Waals surface area contributed by atoms with E-state index in [-0.39, 0.29) is 0 Å². The van der Waals surface area contributed by atoms with Crippen molar-refractivity contribution in [2.45, 2.75) is 19.5 Å². The van der Waals surface area contributed by atoms with Crippen LogP contribution in [0, 0.1) is 0 Å². The molecule has 0 spiro atoms. The molecule has 1 aliphatic heterocycles. The van der Waals surface area contributed by atoms with Crippen molar-refractivity contribution in [3.05, 3.63) is 38.8 Å². The van der Waals surface area contributed by atoms with Gasteiger partial charge >= 0.3 is 0 Å². The van der Waals surface area contributed by atoms with Crippen molar-refractivity contribution >= 4 is 27.3 Å². The second-order valence-electron chi connectivity index (χ2n) is 4.53. The minimum atomic E-state index is 0.703. The highest BCUT2D eigenvalue weighted by Gasteiger charge is 2.15. The third-order valence-electron chi connectivity index (χ3n) is 2.97. The van der Waals surface area contributed by atoms with E-state index in [4.69, 9.17) is 9.47 Å². The molecule has 0 saturated heterocycles. The molecule has 0 unspecified atom stereocenters. The summed E-state index contributed by atoms with van der Waals surface area (Å²) in [5.74, 6) is 1.64. The Labute approximate surface area is 130 Å². The van der Waals surface area contributed by atoms with Crippen molar-refractivity contribution in [2.75, 3.05) is 13.2 Å². The summed E-state index contributed by atoms with van der Waals surface area (Å²) < 4.78 is 12.4. The number of ether oxygens (including phenoxy) is 2. The summed E-state index contributed by atoms with van der Waals surface area (Å²) in [6, 6.07) is 4.12. The first-order valence-electron chi connectivity index (χ1n) is 6.49. The number of hydrogen-bond donors (Lipinski definition) is 1. The number of halogens is 1. The molecule has 0 atom stereocenters. The number of aromatic nitrogens is 1. The number of nitrogens with zero attached hydrogens (tertiary/aromatic N) is 1. The molecule has 1 N–H and O–H groups in total. The molecule has 0 fully saturated rings. The van der Waals surface area contributed by atoms with E-state index >= 15 is 0 Å². The van der Waals surface area contributed by atoms with Crippen LogP contribution in [0.3, 0.4) is 0 Å². The molecule has 0 amide bonds. The minimum absolute atomic E-state index is 0.703. The van der Waals surface area contributed by atoms with Crippen molar-refractivity contribution in [1.29, 1.82) is 0 Å². The fourth-order valence-electron chi connectivity index (χ4n) is 2.05. The van der Waals surface area contributed by atoms with Crippen LogP contribution in [0.4, 0.5) is 0 Å². The molecule has 0 aliphatic carbocycles. The molecule has 6 heteroatoms. The maximum absolute atomic E-state index is 5.73. The van der Waals surface area contributed by atoms with Crippen molar-refractivity contribution in [3.63, 3.8) is 0 Å². The Bertz CT molecular complexity index is 575. The summed E-state index contributed by atoms with van der Waals surface area (Å²) >= 11 is 5.22. The highest BCUT2D eigenvalue weighted by Crippen LogP contribution is 2.38. The summed E-state index contributed by atoms with van der Waals surface area (Å²) in [7, 11) is 0. The molecule has 20 heavy (non-hydrogen) atoms. The highest BCUT2D eigenvalue weighted by molar-refractivity contribution is 9.10. The molecule has 3 rings (SSSR count). The zero-order chi connectivity index (χ0) is 13.8. The Kier molecular flexibility index (Phi) is 4.54. The fourth-order valence-corrected chi connectivity index (χ4v) is 3.21. The SMILES string of the molecule is Brc1cc(CNCc2cncs2)cc2c1OCCCO2. The van der Waals surface area contributed by atoms with Gasteiger partial charge < -0.3 is 14.8 Å². The van der Waals surface area contributed by atoms with Crippen LogP contribution in [-0.2, 0) is 13.1 Å². The first-order valence-corrected chi connectivity index (χ1v) is 8.16. The van der Waals surface area contributed by atoms with Gasteiger partial charge in [0.25, 0.3) is 0 Å². The molecular weight excluding hydrogens is 340 g/mol. The third-order valence-corrected chi connectivity index (χ3v) is 4.34. The van der Waals surface area contributed by atoms with Crippen LogP contribution < -0.4 is 14.8 Å². The first kappa shape index (κ1) is 13.9. The van der Waals surface area contributed by atoms with Crippen molar-refractivity contribution in [2.24, 2.45) is 0 Å². The van der Waals surface area contributed by atoms with E-state index in [0.29, 0.717) is 13.2 Å². The smallest absolute Gasteiger partial charge is 0.175 e. The largest absolute Gasteiger partial charge is 0.490 e. The zero-order valence-electron chi connectivity index (χ0n) is 10.9. The molecule has 0 saturated carbocycles. The molecular formula is C14H15BrN2O2S. The van der Waals surface area contributed by atoms with Crippen molar-refractivity contribution in [1.82, 2.24) is 10.3 Å². The number of benzene rings is 1. The Balaban J connectivity index is 1.67. The van der Waals surface area contributed by atoms with Crippen molar-refractivity contribution in [3.8, 4) is 11.5 Å². The number of thiazole rings is 1. The van der Waals surface area contributed by atoms with Crippen LogP contribution in [0.25, 0.3) is 0 Å². The minimum Gasteiger partial charge on any atom is -0.490 e. The van der Waals surface area contributed by atoms with Gasteiger partial charge in [0.15, 0.2) is 11.5 Å². The number of fused-ring (bicyclic) bond motifs is 1. The fraction of sp³-hybridized carbons (Fsp3) is 0.357. The number of rotatable bonds is 4. The average Bonchev–Trinajstić information content (AvgIpc) is 2.83. The maximum atomic E-state index is 5.73. The molecule has 1 aromatic carbocycles. The Morgan fingerprint density at radius 2 is 2.15 bits per heavy atom. The standard InChI is InChI=1S/C14H15BrN2O2S/c15-12-4-10(6-16-7-11-8-17-9-20-11)5-13-14(12)19-3-1-2-18-13/h4-5,8-9,16H,1-3,6-7H2. The molecule has 4 nitrogen and oxygen atoms in total. The van der Waals surface area contributed by atoms with Crippen molar-refractivity contribution < 1.29 is 9.47 Å². The van der Waals surface area contributed by atoms with E-state index in [2.05, 4.69) is 32.3 Å². The van der Waals surface area contributed by atoms with Crippen LogP contribution in [0.5, 0.6) is 11.5 Å². The van der Waals surface area contributed by atoms with Gasteiger partial charge in [0, 0.05) is 30.6 Å². The second kappa shape index (κ2) is 6.56. The lowest BCUT2D eigenvalue weighted by Gasteiger charge is -2.12. The molecule has 0 radical (unpaired) electrons. The van der Waals surface area contributed by atoms with Crippen LogP contribution in [-0.4, -0.2) is 18.2 Å². The predicted molar refractivity (Wildman–Crippen MR) is 82.4 cm³/mol. The maximum Gasteiger partial charge on any atom is 0.175 e. The van der Waals surface area contributed by atoms with Gasteiger partial charge in [-0.05, 0) is 33.6 Å². The van der Waals surface area contributed by atoms with Gasteiger partial charge in [-0.2, -0.15) is 0 Å². The average molecular weight is 355 g/mol. The normalized spacial score (nSPS) is 14.1. The van der Waals surface area contributed by atoms with Crippen LogP contribution >= 0.6 is 27.3 Å². The van der Waals surface area contributed by atoms with Crippen LogP contribution in [0.15, 0.2) is 28.3 Å². The van der Waals surface area contributed by atoms with Gasteiger partial charge in [-0.25, -0.2) is 0 Å². The number of hydrogen-bond acceptors (Lipinski definition) is 5. The molecule has 0 bridgehead atoms. The summed E-state index contributed by atoms with van der Waals surface area (Å²) in [6.45, 7) is 3.02. The monoisotopic (exact) mass is 354 g/mol. The Hall–Kier alpha value is -1.11. The summed E-state index contributed by atoms with van der Waals surface area (Å²) in [6.07, 6.45) is 2.81. The van der Waals surface area contributed by atoms with E-state index in [1.54, 1.807) is 11.3 Å². The lowest BCUT2D eigenvalue weighted by Crippen LogP contribution is -2.12. The van der Waals surface area contributed by atoms with E-state index in [9.17, 15) is 0 Å². The zero-order valence-corrected chi connectivity index (χ0v) is 13.3. The summed E-state index contributed by atoms with van der Waals surface area (Å²) in [4.78, 5) is 5.30. The van der Waals surface area contributed by atoms with E-state index < -0.39 is 0 Å². The van der Waals surface area contributed by atoms with Gasteiger partial charge in [-0.3, -0.25) is 4.98 Å². The van der Waals surface area contributed by atoms with E-state index in [1.165, 1.54) is 10.4 Å².